The third-order valence-electron chi connectivity index (χ3n) is 6.07. The van der Waals surface area contributed by atoms with Crippen LogP contribution in [-0.2, 0) is 19.5 Å². The summed E-state index contributed by atoms with van der Waals surface area (Å²) in [7, 11) is 0. The lowest BCUT2D eigenvalue weighted by Gasteiger charge is -2.19. The standard InChI is InChI=1S/C26H40N4/c1-2-5-15-27-18-13-24(14-19-28-16-6-3-1)20-23-9-11-25(12-10-23)21-29-22-26-8-4-7-17-30-26/h4,7-12,17,24,27-29H,1-3,5-6,13-16,18-22H2. The molecule has 0 aliphatic carbocycles. The molecule has 1 aliphatic heterocycles. The fourth-order valence-electron chi connectivity index (χ4n) is 4.21. The Balaban J connectivity index is 1.42. The van der Waals surface area contributed by atoms with Crippen LogP contribution in [0.5, 0.6) is 0 Å². The molecule has 164 valence electrons. The highest BCUT2D eigenvalue weighted by Gasteiger charge is 2.10. The SMILES string of the molecule is c1ccc(CNCc2ccc(CC3CCNCCCCCCCNCC3)cc2)nc1. The maximum Gasteiger partial charge on any atom is 0.0541 e. The first-order chi connectivity index (χ1) is 14.9. The summed E-state index contributed by atoms with van der Waals surface area (Å²) in [6, 6.07) is 15.3. The summed E-state index contributed by atoms with van der Waals surface area (Å²) in [4.78, 5) is 4.36. The lowest BCUT2D eigenvalue weighted by Crippen LogP contribution is -2.24. The second kappa shape index (κ2) is 14.3. The van der Waals surface area contributed by atoms with Gasteiger partial charge in [-0.25, -0.2) is 0 Å². The predicted octanol–water partition coefficient (Wildman–Crippen LogP) is 4.45. The van der Waals surface area contributed by atoms with Crippen molar-refractivity contribution in [3.63, 3.8) is 0 Å². The smallest absolute Gasteiger partial charge is 0.0541 e. The summed E-state index contributed by atoms with van der Waals surface area (Å²) in [6.45, 7) is 6.37. The highest BCUT2D eigenvalue weighted by molar-refractivity contribution is 5.23. The third kappa shape index (κ3) is 9.38. The van der Waals surface area contributed by atoms with Crippen LogP contribution in [-0.4, -0.2) is 31.2 Å². The first-order valence-electron chi connectivity index (χ1n) is 12.0. The van der Waals surface area contributed by atoms with E-state index in [1.54, 1.807) is 0 Å². The van der Waals surface area contributed by atoms with Gasteiger partial charge in [-0.2, -0.15) is 0 Å². The molecule has 0 spiro atoms. The summed E-state index contributed by atoms with van der Waals surface area (Å²) in [6.07, 6.45) is 12.4. The van der Waals surface area contributed by atoms with E-state index in [1.165, 1.54) is 75.6 Å². The van der Waals surface area contributed by atoms with Crippen LogP contribution in [0.1, 0.15) is 61.8 Å². The first-order valence-corrected chi connectivity index (χ1v) is 12.0. The minimum absolute atomic E-state index is 0.751. The minimum Gasteiger partial charge on any atom is -0.317 e. The Morgan fingerprint density at radius 1 is 0.733 bits per heavy atom. The molecule has 0 unspecified atom stereocenters. The van der Waals surface area contributed by atoms with Gasteiger partial charge in [0.2, 0.25) is 0 Å². The van der Waals surface area contributed by atoms with Crippen LogP contribution in [0.15, 0.2) is 48.7 Å². The van der Waals surface area contributed by atoms with Crippen molar-refractivity contribution in [1.82, 2.24) is 20.9 Å². The van der Waals surface area contributed by atoms with Crippen molar-refractivity contribution in [3.05, 3.63) is 65.5 Å². The summed E-state index contributed by atoms with van der Waals surface area (Å²) in [5, 5.41) is 10.8. The van der Waals surface area contributed by atoms with Crippen molar-refractivity contribution in [2.45, 2.75) is 64.5 Å². The Morgan fingerprint density at radius 2 is 1.40 bits per heavy atom. The molecule has 1 fully saturated rings. The zero-order valence-electron chi connectivity index (χ0n) is 18.5. The van der Waals surface area contributed by atoms with Gasteiger partial charge in [0.15, 0.2) is 0 Å². The molecule has 4 heteroatoms. The van der Waals surface area contributed by atoms with E-state index >= 15 is 0 Å². The Morgan fingerprint density at radius 3 is 2.07 bits per heavy atom. The van der Waals surface area contributed by atoms with E-state index in [9.17, 15) is 0 Å². The molecule has 0 radical (unpaired) electrons. The van der Waals surface area contributed by atoms with Gasteiger partial charge in [0.1, 0.15) is 0 Å². The number of hydrogen-bond acceptors (Lipinski definition) is 4. The second-order valence-electron chi connectivity index (χ2n) is 8.66. The van der Waals surface area contributed by atoms with E-state index in [0.29, 0.717) is 0 Å². The van der Waals surface area contributed by atoms with Gasteiger partial charge in [-0.15, -0.1) is 0 Å². The highest BCUT2D eigenvalue weighted by atomic mass is 14.9. The lowest BCUT2D eigenvalue weighted by atomic mass is 9.92. The van der Waals surface area contributed by atoms with E-state index in [-0.39, 0.29) is 0 Å². The molecule has 1 aromatic carbocycles. The Bertz CT molecular complexity index is 657. The molecular weight excluding hydrogens is 368 g/mol. The van der Waals surface area contributed by atoms with Crippen molar-refractivity contribution in [2.75, 3.05) is 26.2 Å². The molecule has 0 bridgehead atoms. The molecule has 0 atom stereocenters. The molecule has 3 rings (SSSR count). The maximum absolute atomic E-state index is 4.36. The van der Waals surface area contributed by atoms with Gasteiger partial charge in [-0.1, -0.05) is 49.6 Å². The molecule has 4 nitrogen and oxygen atoms in total. The van der Waals surface area contributed by atoms with E-state index in [1.807, 2.05) is 18.3 Å². The molecule has 1 saturated heterocycles. The quantitative estimate of drug-likeness (QED) is 0.661. The predicted molar refractivity (Wildman–Crippen MR) is 126 cm³/mol. The van der Waals surface area contributed by atoms with E-state index < -0.39 is 0 Å². The van der Waals surface area contributed by atoms with Gasteiger partial charge in [0.05, 0.1) is 5.69 Å². The first kappa shape index (κ1) is 22.9. The Labute approximate surface area is 183 Å². The van der Waals surface area contributed by atoms with Crippen LogP contribution < -0.4 is 16.0 Å². The molecular formula is C26H40N4. The normalized spacial score (nSPS) is 18.0. The van der Waals surface area contributed by atoms with Crippen LogP contribution >= 0.6 is 0 Å². The average molecular weight is 409 g/mol. The number of nitrogens with one attached hydrogen (secondary N) is 3. The van der Waals surface area contributed by atoms with Gasteiger partial charge >= 0.3 is 0 Å². The lowest BCUT2D eigenvalue weighted by molar-refractivity contribution is 0.411. The maximum atomic E-state index is 4.36. The van der Waals surface area contributed by atoms with Crippen LogP contribution in [0.4, 0.5) is 0 Å². The number of benzene rings is 1. The molecule has 0 saturated carbocycles. The number of rotatable bonds is 6. The van der Waals surface area contributed by atoms with Gasteiger partial charge in [-0.3, -0.25) is 4.98 Å². The van der Waals surface area contributed by atoms with Crippen molar-refractivity contribution in [2.24, 2.45) is 5.92 Å². The van der Waals surface area contributed by atoms with Crippen molar-refractivity contribution in [3.8, 4) is 0 Å². The molecule has 3 N–H and O–H groups in total. The summed E-state index contributed by atoms with van der Waals surface area (Å²) < 4.78 is 0. The van der Waals surface area contributed by atoms with Crippen molar-refractivity contribution < 1.29 is 0 Å². The fraction of sp³-hybridized carbons (Fsp3) is 0.577. The van der Waals surface area contributed by atoms with Crippen LogP contribution in [0, 0.1) is 5.92 Å². The van der Waals surface area contributed by atoms with E-state index in [4.69, 9.17) is 0 Å². The molecule has 2 aromatic rings. The molecule has 1 aliphatic rings. The number of nitrogens with zero attached hydrogens (tertiary/aromatic N) is 1. The van der Waals surface area contributed by atoms with E-state index in [2.05, 4.69) is 51.3 Å². The average Bonchev–Trinajstić information content (AvgIpc) is 2.78. The zero-order valence-corrected chi connectivity index (χ0v) is 18.5. The molecule has 30 heavy (non-hydrogen) atoms. The molecule has 1 aromatic heterocycles. The zero-order chi connectivity index (χ0) is 20.7. The van der Waals surface area contributed by atoms with Crippen LogP contribution in [0.2, 0.25) is 0 Å². The molecule has 2 heterocycles. The van der Waals surface area contributed by atoms with E-state index in [0.717, 1.165) is 37.8 Å². The number of pyridine rings is 1. The topological polar surface area (TPSA) is 49.0 Å². The largest absolute Gasteiger partial charge is 0.317 e. The second-order valence-corrected chi connectivity index (χ2v) is 8.66. The summed E-state index contributed by atoms with van der Waals surface area (Å²) in [5.74, 6) is 0.751. The number of hydrogen-bond donors (Lipinski definition) is 3. The molecule has 0 amide bonds. The fourth-order valence-corrected chi connectivity index (χ4v) is 4.21. The summed E-state index contributed by atoms with van der Waals surface area (Å²) in [5.41, 5.74) is 3.89. The van der Waals surface area contributed by atoms with Crippen molar-refractivity contribution >= 4 is 0 Å². The summed E-state index contributed by atoms with van der Waals surface area (Å²) >= 11 is 0. The van der Waals surface area contributed by atoms with Gasteiger partial charge in [-0.05, 0) is 87.5 Å². The monoisotopic (exact) mass is 408 g/mol. The third-order valence-corrected chi connectivity index (χ3v) is 6.07. The Hall–Kier alpha value is -1.75. The van der Waals surface area contributed by atoms with Gasteiger partial charge < -0.3 is 16.0 Å². The Kier molecular flexibility index (Phi) is 10.9. The number of aromatic nitrogens is 1. The van der Waals surface area contributed by atoms with Crippen LogP contribution in [0.25, 0.3) is 0 Å². The highest BCUT2D eigenvalue weighted by Crippen LogP contribution is 2.17. The van der Waals surface area contributed by atoms with Gasteiger partial charge in [0.25, 0.3) is 0 Å². The minimum atomic E-state index is 0.751. The van der Waals surface area contributed by atoms with Gasteiger partial charge in [0, 0.05) is 19.3 Å². The van der Waals surface area contributed by atoms with Crippen molar-refractivity contribution in [1.29, 1.82) is 0 Å². The van der Waals surface area contributed by atoms with Crippen LogP contribution in [0.3, 0.4) is 0 Å².